The van der Waals surface area contributed by atoms with Crippen LogP contribution in [-0.4, -0.2) is 6.29 Å². The maximum absolute atomic E-state index is 10.0. The monoisotopic (exact) mass is 200 g/mol. The fourth-order valence-electron chi connectivity index (χ4n) is 0.322. The van der Waals surface area contributed by atoms with Crippen LogP contribution in [0.1, 0.15) is 6.92 Å². The van der Waals surface area contributed by atoms with Crippen molar-refractivity contribution in [1.29, 1.82) is 0 Å². The zero-order chi connectivity index (χ0) is 7.98. The molecule has 0 N–H and O–H groups in total. The lowest BCUT2D eigenvalue weighted by molar-refractivity contribution is -0.104. The summed E-state index contributed by atoms with van der Waals surface area (Å²) in [7, 11) is 0. The summed E-state index contributed by atoms with van der Waals surface area (Å²) < 4.78 is 0.940. The molecule has 0 saturated carbocycles. The van der Waals surface area contributed by atoms with Crippen molar-refractivity contribution in [2.45, 2.75) is 6.92 Å². The van der Waals surface area contributed by atoms with Crippen molar-refractivity contribution in [3.63, 3.8) is 0 Å². The quantitative estimate of drug-likeness (QED) is 0.389. The van der Waals surface area contributed by atoms with Crippen LogP contribution in [0.2, 0.25) is 0 Å². The number of allylic oxidation sites excluding steroid dienone is 5. The maximum atomic E-state index is 10.0. The number of carbonyl (C=O) groups is 1. The van der Waals surface area contributed by atoms with Gasteiger partial charge in [0.05, 0.1) is 0 Å². The van der Waals surface area contributed by atoms with E-state index in [4.69, 9.17) is 0 Å². The summed E-state index contributed by atoms with van der Waals surface area (Å²) in [5, 5.41) is 0. The maximum Gasteiger partial charge on any atom is 0.149 e. The van der Waals surface area contributed by atoms with Crippen LogP contribution >= 0.6 is 15.9 Å². The highest BCUT2D eigenvalue weighted by Gasteiger charge is 1.82. The highest BCUT2D eigenvalue weighted by atomic mass is 79.9. The van der Waals surface area contributed by atoms with Crippen LogP contribution in [0.3, 0.4) is 0 Å². The van der Waals surface area contributed by atoms with E-state index in [0.717, 1.165) is 4.48 Å². The summed E-state index contributed by atoms with van der Waals surface area (Å²) in [4.78, 5) is 10.0. The Kier molecular flexibility index (Phi) is 4.85. The molecule has 0 aromatic rings. The molecule has 0 aliphatic carbocycles. The standard InChI is InChI=1S/C8H9BrO/c1-3-8(9)5-4-7(2)6-10/h3-6H,2H2,1H3/b5-4-,8-3+. The molecule has 54 valence electrons. The van der Waals surface area contributed by atoms with E-state index in [1.165, 1.54) is 0 Å². The molecular formula is C8H9BrO. The number of halogens is 1. The molecule has 10 heavy (non-hydrogen) atoms. The number of rotatable bonds is 3. The first-order chi connectivity index (χ1) is 4.70. The molecule has 0 aromatic carbocycles. The predicted octanol–water partition coefficient (Wildman–Crippen LogP) is 2.60. The third kappa shape index (κ3) is 4.27. The van der Waals surface area contributed by atoms with E-state index >= 15 is 0 Å². The lowest BCUT2D eigenvalue weighted by Crippen LogP contribution is -1.72. The lowest BCUT2D eigenvalue weighted by Gasteiger charge is -1.84. The Morgan fingerprint density at radius 3 is 2.50 bits per heavy atom. The molecule has 0 aromatic heterocycles. The highest BCUT2D eigenvalue weighted by molar-refractivity contribution is 9.11. The van der Waals surface area contributed by atoms with Crippen molar-refractivity contribution in [2.24, 2.45) is 0 Å². The number of aldehydes is 1. The molecule has 0 fully saturated rings. The summed E-state index contributed by atoms with van der Waals surface area (Å²) in [5.41, 5.74) is 0.471. The molecule has 2 heteroatoms. The molecule has 0 radical (unpaired) electrons. The third-order valence-corrected chi connectivity index (χ3v) is 1.61. The molecule has 0 saturated heterocycles. The molecule has 0 rings (SSSR count). The van der Waals surface area contributed by atoms with Crippen LogP contribution in [0.5, 0.6) is 0 Å². The summed E-state index contributed by atoms with van der Waals surface area (Å²) in [6.07, 6.45) is 6.02. The molecule has 0 unspecified atom stereocenters. The van der Waals surface area contributed by atoms with Gasteiger partial charge in [0.1, 0.15) is 6.29 Å². The van der Waals surface area contributed by atoms with Crippen molar-refractivity contribution in [2.75, 3.05) is 0 Å². The van der Waals surface area contributed by atoms with Gasteiger partial charge in [-0.15, -0.1) is 0 Å². The number of hydrogen-bond acceptors (Lipinski definition) is 1. The van der Waals surface area contributed by atoms with Crippen molar-refractivity contribution in [1.82, 2.24) is 0 Å². The smallest absolute Gasteiger partial charge is 0.149 e. The topological polar surface area (TPSA) is 17.1 Å². The molecular weight excluding hydrogens is 192 g/mol. The van der Waals surface area contributed by atoms with Gasteiger partial charge >= 0.3 is 0 Å². The summed E-state index contributed by atoms with van der Waals surface area (Å²) in [6, 6.07) is 0. The predicted molar refractivity (Wildman–Crippen MR) is 47.0 cm³/mol. The lowest BCUT2D eigenvalue weighted by atomic mass is 10.3. The van der Waals surface area contributed by atoms with E-state index in [0.29, 0.717) is 11.9 Å². The molecule has 1 nitrogen and oxygen atoms in total. The first-order valence-corrected chi connectivity index (χ1v) is 3.64. The van der Waals surface area contributed by atoms with Gasteiger partial charge < -0.3 is 0 Å². The number of hydrogen-bond donors (Lipinski definition) is 0. The average molecular weight is 201 g/mol. The second-order valence-corrected chi connectivity index (χ2v) is 2.62. The normalized spacial score (nSPS) is 12.0. The van der Waals surface area contributed by atoms with Gasteiger partial charge in [0.25, 0.3) is 0 Å². The third-order valence-electron chi connectivity index (χ3n) is 0.884. The summed E-state index contributed by atoms with van der Waals surface area (Å²) in [6.45, 7) is 5.38. The molecule has 0 heterocycles. The minimum absolute atomic E-state index is 0.471. The summed E-state index contributed by atoms with van der Waals surface area (Å²) in [5.74, 6) is 0. The van der Waals surface area contributed by atoms with Gasteiger partial charge in [0.2, 0.25) is 0 Å². The molecule has 0 aliphatic heterocycles. The molecule has 0 aliphatic rings. The van der Waals surface area contributed by atoms with E-state index in [9.17, 15) is 4.79 Å². The molecule has 0 bridgehead atoms. The van der Waals surface area contributed by atoms with Gasteiger partial charge in [-0.1, -0.05) is 34.7 Å². The largest absolute Gasteiger partial charge is 0.298 e. The fraction of sp³-hybridized carbons (Fsp3) is 0.125. The number of carbonyl (C=O) groups excluding carboxylic acids is 1. The van der Waals surface area contributed by atoms with E-state index in [1.54, 1.807) is 12.2 Å². The first-order valence-electron chi connectivity index (χ1n) is 2.84. The van der Waals surface area contributed by atoms with E-state index in [2.05, 4.69) is 22.5 Å². The van der Waals surface area contributed by atoms with Crippen LogP contribution in [0.25, 0.3) is 0 Å². The van der Waals surface area contributed by atoms with Crippen molar-refractivity contribution in [3.05, 3.63) is 34.9 Å². The second-order valence-electron chi connectivity index (χ2n) is 1.70. The average Bonchev–Trinajstić information content (AvgIpc) is 1.99. The van der Waals surface area contributed by atoms with Gasteiger partial charge in [0, 0.05) is 10.1 Å². The van der Waals surface area contributed by atoms with E-state index in [-0.39, 0.29) is 0 Å². The zero-order valence-corrected chi connectivity index (χ0v) is 7.39. The van der Waals surface area contributed by atoms with Crippen molar-refractivity contribution < 1.29 is 4.79 Å². The Morgan fingerprint density at radius 1 is 1.50 bits per heavy atom. The summed E-state index contributed by atoms with van der Waals surface area (Å²) >= 11 is 3.25. The first kappa shape index (κ1) is 9.37. The van der Waals surface area contributed by atoms with Gasteiger partial charge in [-0.3, -0.25) is 4.79 Å². The van der Waals surface area contributed by atoms with Crippen LogP contribution in [0.15, 0.2) is 34.9 Å². The highest BCUT2D eigenvalue weighted by Crippen LogP contribution is 2.06. The Morgan fingerprint density at radius 2 is 2.10 bits per heavy atom. The Hall–Kier alpha value is -0.630. The van der Waals surface area contributed by atoms with E-state index in [1.807, 2.05) is 13.0 Å². The van der Waals surface area contributed by atoms with Crippen LogP contribution < -0.4 is 0 Å². The molecule has 0 spiro atoms. The molecule has 0 atom stereocenters. The van der Waals surface area contributed by atoms with Gasteiger partial charge in [-0.05, 0) is 13.0 Å². The minimum atomic E-state index is 0.471. The van der Waals surface area contributed by atoms with Crippen LogP contribution in [-0.2, 0) is 4.79 Å². The fourth-order valence-corrected chi connectivity index (χ4v) is 0.454. The van der Waals surface area contributed by atoms with Crippen molar-refractivity contribution in [3.8, 4) is 0 Å². The van der Waals surface area contributed by atoms with Crippen LogP contribution in [0, 0.1) is 0 Å². The van der Waals surface area contributed by atoms with Gasteiger partial charge in [-0.2, -0.15) is 0 Å². The minimum Gasteiger partial charge on any atom is -0.298 e. The van der Waals surface area contributed by atoms with Crippen LogP contribution in [0.4, 0.5) is 0 Å². The Balaban J connectivity index is 4.00. The Bertz CT molecular complexity index is 185. The zero-order valence-electron chi connectivity index (χ0n) is 5.80. The SMILES string of the molecule is C=C(C=O)/C=C\C(Br)=C/C. The van der Waals surface area contributed by atoms with Gasteiger partial charge in [-0.25, -0.2) is 0 Å². The Labute approximate surface area is 69.3 Å². The van der Waals surface area contributed by atoms with Gasteiger partial charge in [0.15, 0.2) is 0 Å². The molecule has 0 amide bonds. The van der Waals surface area contributed by atoms with E-state index < -0.39 is 0 Å². The van der Waals surface area contributed by atoms with Crippen molar-refractivity contribution >= 4 is 22.2 Å². The second kappa shape index (κ2) is 5.18.